The molecule has 0 atom stereocenters. The van der Waals surface area contributed by atoms with Crippen molar-refractivity contribution in [2.24, 2.45) is 0 Å². The van der Waals surface area contributed by atoms with Gasteiger partial charge in [0.1, 0.15) is 0 Å². The van der Waals surface area contributed by atoms with Gasteiger partial charge in [0.15, 0.2) is 5.12 Å². The predicted molar refractivity (Wildman–Crippen MR) is 53.1 cm³/mol. The monoisotopic (exact) mass is 178 g/mol. The number of hydrogen-bond donors (Lipinski definition) is 0. The van der Waals surface area contributed by atoms with Gasteiger partial charge in [0, 0.05) is 11.8 Å². The minimum Gasteiger partial charge on any atom is -0.287 e. The van der Waals surface area contributed by atoms with Crippen molar-refractivity contribution in [3.05, 3.63) is 36.4 Å². The Hall–Kier alpha value is -1.02. The largest absolute Gasteiger partial charge is 0.287 e. The maximum atomic E-state index is 10.7. The SMILES string of the molecule is C=Cc1ccc(SC(C)=O)cc1. The Balaban J connectivity index is 2.77. The summed E-state index contributed by atoms with van der Waals surface area (Å²) < 4.78 is 0. The number of benzene rings is 1. The number of hydrogen-bond acceptors (Lipinski definition) is 2. The lowest BCUT2D eigenvalue weighted by Gasteiger charge is -1.96. The first kappa shape index (κ1) is 9.07. The average molecular weight is 178 g/mol. The Morgan fingerprint density at radius 2 is 2.00 bits per heavy atom. The van der Waals surface area contributed by atoms with Crippen LogP contribution in [0.5, 0.6) is 0 Å². The maximum Gasteiger partial charge on any atom is 0.190 e. The third-order valence-corrected chi connectivity index (χ3v) is 2.17. The molecular formula is C10H10OS. The van der Waals surface area contributed by atoms with E-state index < -0.39 is 0 Å². The van der Waals surface area contributed by atoms with E-state index in [1.54, 1.807) is 13.0 Å². The van der Waals surface area contributed by atoms with Gasteiger partial charge in [-0.05, 0) is 17.7 Å². The van der Waals surface area contributed by atoms with E-state index in [1.807, 2.05) is 24.3 Å². The van der Waals surface area contributed by atoms with Crippen LogP contribution in [0, 0.1) is 0 Å². The van der Waals surface area contributed by atoms with Crippen molar-refractivity contribution in [2.45, 2.75) is 11.8 Å². The molecule has 0 unspecified atom stereocenters. The normalized spacial score (nSPS) is 9.42. The molecule has 2 heteroatoms. The quantitative estimate of drug-likeness (QED) is 0.648. The van der Waals surface area contributed by atoms with Crippen LogP contribution in [0.25, 0.3) is 6.08 Å². The summed E-state index contributed by atoms with van der Waals surface area (Å²) in [6, 6.07) is 7.72. The lowest BCUT2D eigenvalue weighted by atomic mass is 10.2. The highest BCUT2D eigenvalue weighted by Crippen LogP contribution is 2.18. The summed E-state index contributed by atoms with van der Waals surface area (Å²) >= 11 is 1.24. The first-order valence-corrected chi connectivity index (χ1v) is 4.45. The van der Waals surface area contributed by atoms with Crippen LogP contribution in [0.3, 0.4) is 0 Å². The van der Waals surface area contributed by atoms with Gasteiger partial charge in [-0.1, -0.05) is 36.5 Å². The van der Waals surface area contributed by atoms with Gasteiger partial charge in [-0.25, -0.2) is 0 Å². The summed E-state index contributed by atoms with van der Waals surface area (Å²) in [5, 5.41) is 0.112. The molecular weight excluding hydrogens is 168 g/mol. The summed E-state index contributed by atoms with van der Waals surface area (Å²) in [6.45, 7) is 5.21. The van der Waals surface area contributed by atoms with Gasteiger partial charge in [0.2, 0.25) is 0 Å². The van der Waals surface area contributed by atoms with E-state index in [0.717, 1.165) is 10.5 Å². The summed E-state index contributed by atoms with van der Waals surface area (Å²) in [7, 11) is 0. The Labute approximate surface area is 76.5 Å². The molecule has 0 N–H and O–H groups in total. The van der Waals surface area contributed by atoms with Crippen LogP contribution in [0.4, 0.5) is 0 Å². The van der Waals surface area contributed by atoms with Crippen LogP contribution in [-0.2, 0) is 4.79 Å². The molecule has 1 aromatic carbocycles. The summed E-state index contributed by atoms with van der Waals surface area (Å²) in [4.78, 5) is 11.7. The molecule has 0 radical (unpaired) electrons. The zero-order chi connectivity index (χ0) is 8.97. The second kappa shape index (κ2) is 4.12. The molecule has 1 nitrogen and oxygen atoms in total. The van der Waals surface area contributed by atoms with Crippen LogP contribution < -0.4 is 0 Å². The third kappa shape index (κ3) is 2.55. The van der Waals surface area contributed by atoms with Gasteiger partial charge in [0.05, 0.1) is 0 Å². The highest BCUT2D eigenvalue weighted by atomic mass is 32.2. The van der Waals surface area contributed by atoms with Gasteiger partial charge < -0.3 is 0 Å². The minimum absolute atomic E-state index is 0.112. The van der Waals surface area contributed by atoms with E-state index in [-0.39, 0.29) is 5.12 Å². The van der Waals surface area contributed by atoms with E-state index in [0.29, 0.717) is 0 Å². The predicted octanol–water partition coefficient (Wildman–Crippen LogP) is 2.97. The van der Waals surface area contributed by atoms with Crippen LogP contribution in [-0.4, -0.2) is 5.12 Å². The number of carbonyl (C=O) groups is 1. The van der Waals surface area contributed by atoms with Crippen LogP contribution in [0.2, 0.25) is 0 Å². The van der Waals surface area contributed by atoms with Crippen LogP contribution >= 0.6 is 11.8 Å². The molecule has 0 aliphatic heterocycles. The van der Waals surface area contributed by atoms with E-state index in [9.17, 15) is 4.79 Å². The molecule has 0 saturated carbocycles. The number of thioether (sulfide) groups is 1. The highest BCUT2D eigenvalue weighted by Gasteiger charge is 1.96. The molecule has 1 aromatic rings. The second-order valence-electron chi connectivity index (χ2n) is 2.37. The van der Waals surface area contributed by atoms with Gasteiger partial charge in [-0.15, -0.1) is 0 Å². The third-order valence-electron chi connectivity index (χ3n) is 1.38. The maximum absolute atomic E-state index is 10.7. The van der Waals surface area contributed by atoms with Crippen molar-refractivity contribution in [2.75, 3.05) is 0 Å². The summed E-state index contributed by atoms with van der Waals surface area (Å²) in [6.07, 6.45) is 1.78. The first-order valence-electron chi connectivity index (χ1n) is 3.63. The fourth-order valence-electron chi connectivity index (χ4n) is 0.838. The highest BCUT2D eigenvalue weighted by molar-refractivity contribution is 8.13. The van der Waals surface area contributed by atoms with Gasteiger partial charge in [0.25, 0.3) is 0 Å². The lowest BCUT2D eigenvalue weighted by Crippen LogP contribution is -1.80. The number of carbonyl (C=O) groups excluding carboxylic acids is 1. The summed E-state index contributed by atoms with van der Waals surface area (Å²) in [5.41, 5.74) is 1.07. The molecule has 0 saturated heterocycles. The first-order chi connectivity index (χ1) is 5.72. The zero-order valence-electron chi connectivity index (χ0n) is 6.91. The molecule has 0 aliphatic carbocycles. The molecule has 0 heterocycles. The van der Waals surface area contributed by atoms with Crippen molar-refractivity contribution < 1.29 is 4.79 Å². The Morgan fingerprint density at radius 3 is 2.42 bits per heavy atom. The van der Waals surface area contributed by atoms with E-state index >= 15 is 0 Å². The van der Waals surface area contributed by atoms with E-state index in [2.05, 4.69) is 6.58 Å². The van der Waals surface area contributed by atoms with Gasteiger partial charge >= 0.3 is 0 Å². The molecule has 12 heavy (non-hydrogen) atoms. The molecule has 0 fully saturated rings. The second-order valence-corrected chi connectivity index (χ2v) is 3.62. The molecule has 0 amide bonds. The Morgan fingerprint density at radius 1 is 1.42 bits per heavy atom. The Kier molecular flexibility index (Phi) is 3.11. The molecule has 0 spiro atoms. The van der Waals surface area contributed by atoms with Crippen LogP contribution in [0.1, 0.15) is 12.5 Å². The summed E-state index contributed by atoms with van der Waals surface area (Å²) in [5.74, 6) is 0. The molecule has 0 bridgehead atoms. The molecule has 0 aliphatic rings. The van der Waals surface area contributed by atoms with Gasteiger partial charge in [-0.2, -0.15) is 0 Å². The smallest absolute Gasteiger partial charge is 0.190 e. The van der Waals surface area contributed by atoms with Crippen molar-refractivity contribution in [1.82, 2.24) is 0 Å². The van der Waals surface area contributed by atoms with Crippen molar-refractivity contribution >= 4 is 23.0 Å². The van der Waals surface area contributed by atoms with E-state index in [1.165, 1.54) is 11.8 Å². The van der Waals surface area contributed by atoms with E-state index in [4.69, 9.17) is 0 Å². The molecule has 0 aromatic heterocycles. The fourth-order valence-corrected chi connectivity index (χ4v) is 1.44. The van der Waals surface area contributed by atoms with Gasteiger partial charge in [-0.3, -0.25) is 4.79 Å². The molecule has 1 rings (SSSR count). The standard InChI is InChI=1S/C10H10OS/c1-3-9-4-6-10(7-5-9)12-8(2)11/h3-7H,1H2,2H3. The fraction of sp³-hybridized carbons (Fsp3) is 0.100. The Bertz CT molecular complexity index is 287. The van der Waals surface area contributed by atoms with Crippen molar-refractivity contribution in [1.29, 1.82) is 0 Å². The average Bonchev–Trinajstić information content (AvgIpc) is 2.05. The lowest BCUT2D eigenvalue weighted by molar-refractivity contribution is -0.109. The van der Waals surface area contributed by atoms with Crippen molar-refractivity contribution in [3.63, 3.8) is 0 Å². The van der Waals surface area contributed by atoms with Crippen molar-refractivity contribution in [3.8, 4) is 0 Å². The van der Waals surface area contributed by atoms with Crippen LogP contribution in [0.15, 0.2) is 35.7 Å². The number of rotatable bonds is 2. The zero-order valence-corrected chi connectivity index (χ0v) is 7.73. The minimum atomic E-state index is 0.112. The molecule has 62 valence electrons. The topological polar surface area (TPSA) is 17.1 Å².